The summed E-state index contributed by atoms with van der Waals surface area (Å²) in [5, 5.41) is 6.84. The highest BCUT2D eigenvalue weighted by Crippen LogP contribution is 2.31. The van der Waals surface area contributed by atoms with Crippen molar-refractivity contribution < 1.29 is 9.59 Å². The Balaban J connectivity index is 1.48. The summed E-state index contributed by atoms with van der Waals surface area (Å²) in [6.45, 7) is 1.80. The lowest BCUT2D eigenvalue weighted by molar-refractivity contribution is -0.133. The average molecular weight is 335 g/mol. The molecule has 0 aromatic rings. The van der Waals surface area contributed by atoms with Crippen molar-refractivity contribution in [2.24, 2.45) is 10.9 Å². The Labute approximate surface area is 143 Å². The SMILES string of the molecule is CN(C)C(=O)CN=C(NC1CC1)NC1CCN(C(=O)C2CC2)CC1. The molecule has 1 saturated heterocycles. The zero-order chi connectivity index (χ0) is 17.1. The van der Waals surface area contributed by atoms with Crippen LogP contribution in [0, 0.1) is 5.92 Å². The lowest BCUT2D eigenvalue weighted by Crippen LogP contribution is -2.50. The van der Waals surface area contributed by atoms with Gasteiger partial charge in [-0.1, -0.05) is 0 Å². The van der Waals surface area contributed by atoms with Gasteiger partial charge in [0.2, 0.25) is 11.8 Å². The van der Waals surface area contributed by atoms with Crippen LogP contribution in [0.3, 0.4) is 0 Å². The molecule has 24 heavy (non-hydrogen) atoms. The summed E-state index contributed by atoms with van der Waals surface area (Å²) in [7, 11) is 3.48. The highest BCUT2D eigenvalue weighted by molar-refractivity contribution is 5.85. The van der Waals surface area contributed by atoms with Crippen molar-refractivity contribution in [2.75, 3.05) is 33.7 Å². The van der Waals surface area contributed by atoms with Crippen molar-refractivity contribution >= 4 is 17.8 Å². The monoisotopic (exact) mass is 335 g/mol. The normalized spacial score (nSPS) is 22.2. The van der Waals surface area contributed by atoms with Crippen molar-refractivity contribution in [1.29, 1.82) is 0 Å². The number of likely N-dealkylation sites (N-methyl/N-ethyl adjacent to an activating group) is 1. The molecule has 2 N–H and O–H groups in total. The van der Waals surface area contributed by atoms with Crippen LogP contribution in [0.1, 0.15) is 38.5 Å². The van der Waals surface area contributed by atoms with Gasteiger partial charge in [0.1, 0.15) is 6.54 Å². The van der Waals surface area contributed by atoms with Gasteiger partial charge in [0.15, 0.2) is 5.96 Å². The number of carbonyl (C=O) groups excluding carboxylic acids is 2. The number of carbonyl (C=O) groups is 2. The summed E-state index contributed by atoms with van der Waals surface area (Å²) >= 11 is 0. The molecule has 7 nitrogen and oxygen atoms in total. The van der Waals surface area contributed by atoms with E-state index >= 15 is 0 Å². The van der Waals surface area contributed by atoms with Crippen LogP contribution in [0.15, 0.2) is 4.99 Å². The molecular formula is C17H29N5O2. The highest BCUT2D eigenvalue weighted by atomic mass is 16.2. The Morgan fingerprint density at radius 1 is 1.00 bits per heavy atom. The maximum atomic E-state index is 12.1. The van der Waals surface area contributed by atoms with Gasteiger partial charge in [-0.25, -0.2) is 4.99 Å². The number of nitrogens with zero attached hydrogens (tertiary/aromatic N) is 3. The molecule has 3 fully saturated rings. The van der Waals surface area contributed by atoms with Gasteiger partial charge in [-0.2, -0.15) is 0 Å². The predicted molar refractivity (Wildman–Crippen MR) is 92.6 cm³/mol. The van der Waals surface area contributed by atoms with E-state index in [2.05, 4.69) is 15.6 Å². The van der Waals surface area contributed by atoms with E-state index < -0.39 is 0 Å². The fraction of sp³-hybridized carbons (Fsp3) is 0.824. The number of rotatable bonds is 5. The number of piperidine rings is 1. The molecular weight excluding hydrogens is 306 g/mol. The first-order chi connectivity index (χ1) is 11.5. The lowest BCUT2D eigenvalue weighted by atomic mass is 10.0. The first-order valence-corrected chi connectivity index (χ1v) is 9.09. The molecule has 0 radical (unpaired) electrons. The van der Waals surface area contributed by atoms with Crippen LogP contribution < -0.4 is 10.6 Å². The first kappa shape index (κ1) is 17.0. The van der Waals surface area contributed by atoms with Crippen molar-refractivity contribution in [3.8, 4) is 0 Å². The van der Waals surface area contributed by atoms with Crippen molar-refractivity contribution in [3.63, 3.8) is 0 Å². The standard InChI is InChI=1S/C17H29N5O2/c1-21(2)15(23)11-18-17(19-13-5-6-13)20-14-7-9-22(10-8-14)16(24)12-3-4-12/h12-14H,3-11H2,1-2H3,(H2,18,19,20). The second-order valence-corrected chi connectivity index (χ2v) is 7.39. The predicted octanol–water partition coefficient (Wildman–Crippen LogP) is 0.173. The van der Waals surface area contributed by atoms with Crippen LogP contribution >= 0.6 is 0 Å². The summed E-state index contributed by atoms with van der Waals surface area (Å²) in [5.41, 5.74) is 0. The Kier molecular flexibility index (Phi) is 5.26. The van der Waals surface area contributed by atoms with E-state index in [4.69, 9.17) is 0 Å². The van der Waals surface area contributed by atoms with Gasteiger partial charge >= 0.3 is 0 Å². The minimum absolute atomic E-state index is 0.00301. The number of likely N-dealkylation sites (tertiary alicyclic amines) is 1. The third-order valence-electron chi connectivity index (χ3n) is 4.86. The van der Waals surface area contributed by atoms with Crippen molar-refractivity contribution in [1.82, 2.24) is 20.4 Å². The van der Waals surface area contributed by atoms with E-state index in [-0.39, 0.29) is 12.5 Å². The molecule has 1 heterocycles. The Morgan fingerprint density at radius 2 is 1.58 bits per heavy atom. The molecule has 134 valence electrons. The molecule has 0 aromatic heterocycles. The van der Waals surface area contributed by atoms with Gasteiger partial charge in [0.05, 0.1) is 0 Å². The van der Waals surface area contributed by atoms with Crippen molar-refractivity contribution in [2.45, 2.75) is 50.6 Å². The topological polar surface area (TPSA) is 77.0 Å². The molecule has 2 saturated carbocycles. The number of nitrogens with one attached hydrogen (secondary N) is 2. The van der Waals surface area contributed by atoms with E-state index in [1.165, 1.54) is 0 Å². The summed E-state index contributed by atoms with van der Waals surface area (Å²) in [5.74, 6) is 1.38. The van der Waals surface area contributed by atoms with Crippen LogP contribution in [-0.2, 0) is 9.59 Å². The molecule has 0 aromatic carbocycles. The second-order valence-electron chi connectivity index (χ2n) is 7.39. The zero-order valence-corrected chi connectivity index (χ0v) is 14.8. The molecule has 2 amide bonds. The first-order valence-electron chi connectivity index (χ1n) is 9.09. The molecule has 0 bridgehead atoms. The van der Waals surface area contributed by atoms with E-state index in [0.717, 1.165) is 57.6 Å². The molecule has 0 spiro atoms. The molecule has 3 rings (SSSR count). The number of guanidine groups is 1. The quantitative estimate of drug-likeness (QED) is 0.555. The van der Waals surface area contributed by atoms with E-state index in [0.29, 0.717) is 23.9 Å². The fourth-order valence-electron chi connectivity index (χ4n) is 2.87. The third kappa shape index (κ3) is 4.85. The van der Waals surface area contributed by atoms with Gasteiger partial charge in [0.25, 0.3) is 0 Å². The van der Waals surface area contributed by atoms with Crippen LogP contribution in [-0.4, -0.2) is 73.4 Å². The molecule has 0 atom stereocenters. The Bertz CT molecular complexity index is 503. The molecule has 7 heteroatoms. The summed E-state index contributed by atoms with van der Waals surface area (Å²) < 4.78 is 0. The minimum atomic E-state index is -0.00301. The summed E-state index contributed by atoms with van der Waals surface area (Å²) in [6, 6.07) is 0.801. The number of amides is 2. The second kappa shape index (κ2) is 7.40. The summed E-state index contributed by atoms with van der Waals surface area (Å²) in [6.07, 6.45) is 6.34. The highest BCUT2D eigenvalue weighted by Gasteiger charge is 2.35. The molecule has 0 unspecified atom stereocenters. The number of hydrogen-bond acceptors (Lipinski definition) is 3. The van der Waals surface area contributed by atoms with Gasteiger partial charge in [0, 0.05) is 45.2 Å². The van der Waals surface area contributed by atoms with E-state index in [1.807, 2.05) is 4.90 Å². The van der Waals surface area contributed by atoms with Crippen LogP contribution in [0.4, 0.5) is 0 Å². The molecule has 2 aliphatic carbocycles. The largest absolute Gasteiger partial charge is 0.354 e. The maximum absolute atomic E-state index is 12.1. The van der Waals surface area contributed by atoms with Gasteiger partial charge in [-0.15, -0.1) is 0 Å². The smallest absolute Gasteiger partial charge is 0.243 e. The molecule has 3 aliphatic rings. The van der Waals surface area contributed by atoms with Crippen LogP contribution in [0.5, 0.6) is 0 Å². The van der Waals surface area contributed by atoms with Crippen LogP contribution in [0.2, 0.25) is 0 Å². The maximum Gasteiger partial charge on any atom is 0.243 e. The van der Waals surface area contributed by atoms with Gasteiger partial charge < -0.3 is 20.4 Å². The minimum Gasteiger partial charge on any atom is -0.354 e. The van der Waals surface area contributed by atoms with E-state index in [1.54, 1.807) is 19.0 Å². The Morgan fingerprint density at radius 3 is 2.08 bits per heavy atom. The fourth-order valence-corrected chi connectivity index (χ4v) is 2.87. The van der Waals surface area contributed by atoms with E-state index in [9.17, 15) is 9.59 Å². The molecule has 1 aliphatic heterocycles. The average Bonchev–Trinajstić information content (AvgIpc) is 3.46. The number of aliphatic imine (C=N–C) groups is 1. The van der Waals surface area contributed by atoms with Gasteiger partial charge in [-0.3, -0.25) is 9.59 Å². The lowest BCUT2D eigenvalue weighted by Gasteiger charge is -2.33. The summed E-state index contributed by atoms with van der Waals surface area (Å²) in [4.78, 5) is 31.9. The van der Waals surface area contributed by atoms with Crippen LogP contribution in [0.25, 0.3) is 0 Å². The van der Waals surface area contributed by atoms with Gasteiger partial charge in [-0.05, 0) is 38.5 Å². The van der Waals surface area contributed by atoms with Crippen molar-refractivity contribution in [3.05, 3.63) is 0 Å². The Hall–Kier alpha value is -1.79. The number of hydrogen-bond donors (Lipinski definition) is 2. The zero-order valence-electron chi connectivity index (χ0n) is 14.8. The third-order valence-corrected chi connectivity index (χ3v) is 4.86.